The highest BCUT2D eigenvalue weighted by Gasteiger charge is 2.08. The van der Waals surface area contributed by atoms with Gasteiger partial charge in [0.2, 0.25) is 0 Å². The predicted molar refractivity (Wildman–Crippen MR) is 71.2 cm³/mol. The molecule has 0 aliphatic carbocycles. The van der Waals surface area contributed by atoms with Gasteiger partial charge >= 0.3 is 0 Å². The lowest BCUT2D eigenvalue weighted by Gasteiger charge is -2.15. The molecule has 0 fully saturated rings. The summed E-state index contributed by atoms with van der Waals surface area (Å²) in [5, 5.41) is 10.5. The lowest BCUT2D eigenvalue weighted by molar-refractivity contribution is 0.694. The van der Waals surface area contributed by atoms with Crippen LogP contribution in [0.1, 0.15) is 6.42 Å². The zero-order valence-electron chi connectivity index (χ0n) is 9.66. The highest BCUT2D eigenvalue weighted by Crippen LogP contribution is 2.16. The van der Waals surface area contributed by atoms with Gasteiger partial charge in [-0.05, 0) is 28.9 Å². The Bertz CT molecular complexity index is 495. The molecule has 0 saturated heterocycles. The van der Waals surface area contributed by atoms with Crippen LogP contribution < -0.4 is 16.2 Å². The lowest BCUT2D eigenvalue weighted by Crippen LogP contribution is -2.24. The molecule has 6 heteroatoms. The fraction of sp³-hybridized carbons (Fsp3) is 0.455. The van der Waals surface area contributed by atoms with E-state index in [1.165, 1.54) is 10.3 Å². The molecular weight excluding hydrogens is 284 g/mol. The van der Waals surface area contributed by atoms with Gasteiger partial charge < -0.3 is 10.6 Å². The summed E-state index contributed by atoms with van der Waals surface area (Å²) in [5.41, 5.74) is 1.97. The molecule has 0 bridgehead atoms. The topological polar surface area (TPSA) is 59.0 Å². The average Bonchev–Trinajstić information content (AvgIpc) is 2.36. The molecule has 0 spiro atoms. The third-order valence-electron chi connectivity index (χ3n) is 2.74. The van der Waals surface area contributed by atoms with Crippen molar-refractivity contribution in [2.75, 3.05) is 25.0 Å². The first-order chi connectivity index (χ1) is 8.18. The fourth-order valence-electron chi connectivity index (χ4n) is 1.67. The molecule has 0 aromatic carbocycles. The monoisotopic (exact) mass is 298 g/mol. The molecule has 5 nitrogen and oxygen atoms in total. The quantitative estimate of drug-likeness (QED) is 0.813. The van der Waals surface area contributed by atoms with Gasteiger partial charge in [0.05, 0.1) is 11.9 Å². The van der Waals surface area contributed by atoms with Crippen LogP contribution in [0.5, 0.6) is 0 Å². The van der Waals surface area contributed by atoms with Crippen LogP contribution in [0, 0.1) is 0 Å². The minimum atomic E-state index is -0.130. The molecule has 0 atom stereocenters. The normalized spacial score (nSPS) is 15.5. The largest absolute Gasteiger partial charge is 0.379 e. The lowest BCUT2D eigenvalue weighted by atomic mass is 10.1. The standard InChI is InChI=1S/C11H15BrN4O/c1-16-11(17)10(12)9(7-15-16)14-6-8-2-4-13-5-3-8/h2,7,13-14H,3-6H2,1H3. The second kappa shape index (κ2) is 5.46. The zero-order valence-corrected chi connectivity index (χ0v) is 11.2. The maximum Gasteiger partial charge on any atom is 0.282 e. The number of hydrogen-bond donors (Lipinski definition) is 2. The number of hydrogen-bond acceptors (Lipinski definition) is 4. The molecule has 0 saturated carbocycles. The summed E-state index contributed by atoms with van der Waals surface area (Å²) in [6, 6.07) is 0. The maximum absolute atomic E-state index is 11.6. The minimum absolute atomic E-state index is 0.130. The minimum Gasteiger partial charge on any atom is -0.379 e. The number of nitrogens with one attached hydrogen (secondary N) is 2. The Morgan fingerprint density at radius 2 is 2.47 bits per heavy atom. The van der Waals surface area contributed by atoms with Gasteiger partial charge in [-0.15, -0.1) is 0 Å². The predicted octanol–water partition coefficient (Wildman–Crippen LogP) is 0.874. The van der Waals surface area contributed by atoms with E-state index in [2.05, 4.69) is 37.7 Å². The smallest absolute Gasteiger partial charge is 0.282 e. The molecular formula is C11H15BrN4O. The van der Waals surface area contributed by atoms with Crippen molar-refractivity contribution in [2.24, 2.45) is 7.05 Å². The summed E-state index contributed by atoms with van der Waals surface area (Å²) in [7, 11) is 1.63. The summed E-state index contributed by atoms with van der Waals surface area (Å²) < 4.78 is 1.84. The number of aromatic nitrogens is 2. The molecule has 92 valence electrons. The second-order valence-corrected chi connectivity index (χ2v) is 4.76. The first-order valence-corrected chi connectivity index (χ1v) is 6.32. The fourth-order valence-corrected chi connectivity index (χ4v) is 2.17. The van der Waals surface area contributed by atoms with Crippen molar-refractivity contribution < 1.29 is 0 Å². The van der Waals surface area contributed by atoms with Crippen LogP contribution in [-0.2, 0) is 7.05 Å². The number of nitrogens with zero attached hydrogens (tertiary/aromatic N) is 2. The molecule has 1 aromatic heterocycles. The molecule has 2 N–H and O–H groups in total. The SMILES string of the molecule is Cn1ncc(NCC2=CCNCC2)c(Br)c1=O. The molecule has 2 heterocycles. The Labute approximate surface area is 108 Å². The Balaban J connectivity index is 2.06. The summed E-state index contributed by atoms with van der Waals surface area (Å²) in [6.07, 6.45) is 4.88. The van der Waals surface area contributed by atoms with E-state index in [4.69, 9.17) is 0 Å². The molecule has 1 aromatic rings. The Hall–Kier alpha value is -1.14. The van der Waals surface area contributed by atoms with Crippen LogP contribution in [-0.4, -0.2) is 29.4 Å². The number of anilines is 1. The second-order valence-electron chi connectivity index (χ2n) is 3.97. The van der Waals surface area contributed by atoms with E-state index in [0.29, 0.717) is 4.47 Å². The van der Waals surface area contributed by atoms with Gasteiger partial charge in [0.15, 0.2) is 0 Å². The summed E-state index contributed by atoms with van der Waals surface area (Å²) in [5.74, 6) is 0. The van der Waals surface area contributed by atoms with Gasteiger partial charge in [0.25, 0.3) is 5.56 Å². The van der Waals surface area contributed by atoms with Gasteiger partial charge in [-0.2, -0.15) is 5.10 Å². The summed E-state index contributed by atoms with van der Waals surface area (Å²) in [6.45, 7) is 2.70. The number of halogens is 1. The van der Waals surface area contributed by atoms with Crippen LogP contribution in [0.3, 0.4) is 0 Å². The maximum atomic E-state index is 11.6. The van der Waals surface area contributed by atoms with Crippen molar-refractivity contribution in [1.29, 1.82) is 0 Å². The van der Waals surface area contributed by atoms with E-state index in [0.717, 1.165) is 31.7 Å². The third kappa shape index (κ3) is 2.95. The van der Waals surface area contributed by atoms with Crippen molar-refractivity contribution in [3.05, 3.63) is 32.7 Å². The molecule has 1 aliphatic heterocycles. The van der Waals surface area contributed by atoms with Crippen LogP contribution in [0.4, 0.5) is 5.69 Å². The van der Waals surface area contributed by atoms with E-state index < -0.39 is 0 Å². The molecule has 0 radical (unpaired) electrons. The van der Waals surface area contributed by atoms with E-state index >= 15 is 0 Å². The van der Waals surface area contributed by atoms with Gasteiger partial charge in [0.1, 0.15) is 4.47 Å². The zero-order chi connectivity index (χ0) is 12.3. The Morgan fingerprint density at radius 1 is 1.65 bits per heavy atom. The van der Waals surface area contributed by atoms with Gasteiger partial charge in [0, 0.05) is 20.1 Å². The molecule has 0 unspecified atom stereocenters. The van der Waals surface area contributed by atoms with Crippen LogP contribution in [0.2, 0.25) is 0 Å². The van der Waals surface area contributed by atoms with E-state index in [1.807, 2.05) is 0 Å². The highest BCUT2D eigenvalue weighted by molar-refractivity contribution is 9.10. The van der Waals surface area contributed by atoms with E-state index in [-0.39, 0.29) is 5.56 Å². The van der Waals surface area contributed by atoms with Gasteiger partial charge in [-0.1, -0.05) is 11.6 Å². The third-order valence-corrected chi connectivity index (χ3v) is 3.51. The van der Waals surface area contributed by atoms with Crippen LogP contribution in [0.15, 0.2) is 27.1 Å². The average molecular weight is 299 g/mol. The Morgan fingerprint density at radius 3 is 3.18 bits per heavy atom. The molecule has 2 rings (SSSR count). The summed E-state index contributed by atoms with van der Waals surface area (Å²) in [4.78, 5) is 11.6. The van der Waals surface area contributed by atoms with E-state index in [9.17, 15) is 4.79 Å². The van der Waals surface area contributed by atoms with Crippen LogP contribution in [0.25, 0.3) is 0 Å². The van der Waals surface area contributed by atoms with Crippen molar-refractivity contribution in [3.63, 3.8) is 0 Å². The first-order valence-electron chi connectivity index (χ1n) is 5.53. The number of aryl methyl sites for hydroxylation is 1. The summed E-state index contributed by atoms with van der Waals surface area (Å²) >= 11 is 3.29. The highest BCUT2D eigenvalue weighted by atomic mass is 79.9. The van der Waals surface area contributed by atoms with Gasteiger partial charge in [-0.3, -0.25) is 4.79 Å². The molecule has 17 heavy (non-hydrogen) atoms. The van der Waals surface area contributed by atoms with Crippen molar-refractivity contribution >= 4 is 21.6 Å². The molecule has 1 aliphatic rings. The first kappa shape index (κ1) is 12.3. The van der Waals surface area contributed by atoms with Gasteiger partial charge in [-0.25, -0.2) is 4.68 Å². The van der Waals surface area contributed by atoms with Crippen LogP contribution >= 0.6 is 15.9 Å². The number of rotatable bonds is 3. The Kier molecular flexibility index (Phi) is 3.96. The van der Waals surface area contributed by atoms with Crippen molar-refractivity contribution in [3.8, 4) is 0 Å². The van der Waals surface area contributed by atoms with Crippen molar-refractivity contribution in [2.45, 2.75) is 6.42 Å². The van der Waals surface area contributed by atoms with E-state index in [1.54, 1.807) is 13.2 Å². The molecule has 0 amide bonds. The van der Waals surface area contributed by atoms with Crippen molar-refractivity contribution in [1.82, 2.24) is 15.1 Å².